The van der Waals surface area contributed by atoms with E-state index in [0.717, 1.165) is 5.56 Å². The van der Waals surface area contributed by atoms with Crippen molar-refractivity contribution in [3.8, 4) is 0 Å². The molecule has 0 aliphatic heterocycles. The van der Waals surface area contributed by atoms with Crippen molar-refractivity contribution in [2.45, 2.75) is 18.6 Å². The number of benzene rings is 1. The number of rotatable bonds is 5. The third kappa shape index (κ3) is 3.71. The van der Waals surface area contributed by atoms with Crippen LogP contribution in [0.5, 0.6) is 0 Å². The third-order valence-electron chi connectivity index (χ3n) is 2.11. The Hall–Kier alpha value is -1.62. The second-order valence-corrected chi connectivity index (χ2v) is 4.50. The molecule has 0 aliphatic rings. The maximum absolute atomic E-state index is 11.7. The molecule has 1 aromatic heterocycles. The highest BCUT2D eigenvalue weighted by Crippen LogP contribution is 2.16. The molecule has 0 unspecified atom stereocenters. The minimum Gasteiger partial charge on any atom is -0.416 e. The normalized spacial score (nSPS) is 10.4. The number of aryl methyl sites for hydroxylation is 1. The Morgan fingerprint density at radius 2 is 2.06 bits per heavy atom. The fraction of sp³-hybridized carbons (Fsp3) is 0.250. The zero-order chi connectivity index (χ0) is 12.1. The summed E-state index contributed by atoms with van der Waals surface area (Å²) >= 11 is 1.28. The van der Waals surface area contributed by atoms with Crippen molar-refractivity contribution in [1.82, 2.24) is 10.2 Å². The standard InChI is InChI=1S/C12H12N2O2S/c1-9-13-14-12(16-9)17-8-11(15)7-10-5-3-2-4-6-10/h2-6H,7-8H2,1H3. The largest absolute Gasteiger partial charge is 0.416 e. The number of hydrogen-bond acceptors (Lipinski definition) is 5. The van der Waals surface area contributed by atoms with Gasteiger partial charge in [-0.25, -0.2) is 0 Å². The van der Waals surface area contributed by atoms with Gasteiger partial charge in [0, 0.05) is 13.3 Å². The maximum Gasteiger partial charge on any atom is 0.276 e. The molecule has 1 aromatic carbocycles. The number of ketones is 1. The van der Waals surface area contributed by atoms with Crippen LogP contribution >= 0.6 is 11.8 Å². The van der Waals surface area contributed by atoms with E-state index >= 15 is 0 Å². The van der Waals surface area contributed by atoms with Gasteiger partial charge in [-0.2, -0.15) is 0 Å². The summed E-state index contributed by atoms with van der Waals surface area (Å²) in [5.74, 6) is 1.02. The van der Waals surface area contributed by atoms with Crippen molar-refractivity contribution in [1.29, 1.82) is 0 Å². The van der Waals surface area contributed by atoms with Crippen LogP contribution in [0.2, 0.25) is 0 Å². The van der Waals surface area contributed by atoms with Gasteiger partial charge in [-0.3, -0.25) is 4.79 Å². The Morgan fingerprint density at radius 3 is 2.71 bits per heavy atom. The predicted molar refractivity (Wildman–Crippen MR) is 64.9 cm³/mol. The quantitative estimate of drug-likeness (QED) is 0.760. The molecule has 4 nitrogen and oxygen atoms in total. The monoisotopic (exact) mass is 248 g/mol. The van der Waals surface area contributed by atoms with Gasteiger partial charge in [0.2, 0.25) is 5.89 Å². The summed E-state index contributed by atoms with van der Waals surface area (Å²) in [5.41, 5.74) is 1.03. The number of thioether (sulfide) groups is 1. The van der Waals surface area contributed by atoms with Gasteiger partial charge < -0.3 is 4.42 Å². The number of nitrogens with zero attached hydrogens (tertiary/aromatic N) is 2. The summed E-state index contributed by atoms with van der Waals surface area (Å²) in [6.45, 7) is 1.73. The molecular formula is C12H12N2O2S. The van der Waals surface area contributed by atoms with Gasteiger partial charge in [-0.1, -0.05) is 42.1 Å². The number of aromatic nitrogens is 2. The topological polar surface area (TPSA) is 56.0 Å². The molecular weight excluding hydrogens is 236 g/mol. The second-order valence-electron chi connectivity index (χ2n) is 3.58. The van der Waals surface area contributed by atoms with Crippen molar-refractivity contribution in [3.05, 3.63) is 41.8 Å². The lowest BCUT2D eigenvalue weighted by Gasteiger charge is -1.98. The predicted octanol–water partition coefficient (Wildman–Crippen LogP) is 2.28. The highest BCUT2D eigenvalue weighted by atomic mass is 32.2. The molecule has 1 heterocycles. The Bertz CT molecular complexity index is 496. The first-order valence-corrected chi connectivity index (χ1v) is 6.21. The minimum atomic E-state index is 0.150. The SMILES string of the molecule is Cc1nnc(SCC(=O)Cc2ccccc2)o1. The first-order valence-electron chi connectivity index (χ1n) is 5.22. The van der Waals surface area contributed by atoms with Gasteiger partial charge in [0.25, 0.3) is 5.22 Å². The highest BCUT2D eigenvalue weighted by molar-refractivity contribution is 7.99. The molecule has 0 spiro atoms. The molecule has 0 atom stereocenters. The number of carbonyl (C=O) groups excluding carboxylic acids is 1. The van der Waals surface area contributed by atoms with Crippen LogP contribution < -0.4 is 0 Å². The third-order valence-corrected chi connectivity index (χ3v) is 2.99. The van der Waals surface area contributed by atoms with Crippen molar-refractivity contribution in [2.75, 3.05) is 5.75 Å². The van der Waals surface area contributed by atoms with Crippen LogP contribution in [0.15, 0.2) is 40.0 Å². The Morgan fingerprint density at radius 1 is 1.29 bits per heavy atom. The van der Waals surface area contributed by atoms with Crippen molar-refractivity contribution in [2.24, 2.45) is 0 Å². The molecule has 88 valence electrons. The van der Waals surface area contributed by atoms with E-state index in [0.29, 0.717) is 23.3 Å². The van der Waals surface area contributed by atoms with Crippen molar-refractivity contribution >= 4 is 17.5 Å². The van der Waals surface area contributed by atoms with E-state index in [1.165, 1.54) is 11.8 Å². The summed E-state index contributed by atoms with van der Waals surface area (Å²) in [6, 6.07) is 9.68. The summed E-state index contributed by atoms with van der Waals surface area (Å²) in [4.78, 5) is 11.7. The highest BCUT2D eigenvalue weighted by Gasteiger charge is 2.08. The Balaban J connectivity index is 1.82. The van der Waals surface area contributed by atoms with Crippen LogP contribution in [0.1, 0.15) is 11.5 Å². The Kier molecular flexibility index (Phi) is 3.93. The molecule has 0 saturated carbocycles. The minimum absolute atomic E-state index is 0.150. The smallest absolute Gasteiger partial charge is 0.276 e. The first kappa shape index (κ1) is 11.9. The van der Waals surface area contributed by atoms with Gasteiger partial charge in [0.15, 0.2) is 0 Å². The zero-order valence-electron chi connectivity index (χ0n) is 9.42. The van der Waals surface area contributed by atoms with E-state index in [4.69, 9.17) is 4.42 Å². The van der Waals surface area contributed by atoms with Gasteiger partial charge in [-0.15, -0.1) is 10.2 Å². The second kappa shape index (κ2) is 5.63. The summed E-state index contributed by atoms with van der Waals surface area (Å²) in [7, 11) is 0. The lowest BCUT2D eigenvalue weighted by molar-refractivity contribution is -0.116. The summed E-state index contributed by atoms with van der Waals surface area (Å²) in [5, 5.41) is 7.97. The van der Waals surface area contributed by atoms with E-state index in [1.54, 1.807) is 6.92 Å². The van der Waals surface area contributed by atoms with Crippen LogP contribution in [0.4, 0.5) is 0 Å². The number of carbonyl (C=O) groups is 1. The molecule has 0 radical (unpaired) electrons. The molecule has 5 heteroatoms. The average Bonchev–Trinajstić information content (AvgIpc) is 2.74. The van der Waals surface area contributed by atoms with Gasteiger partial charge in [0.05, 0.1) is 5.75 Å². The molecule has 0 amide bonds. The number of hydrogen-bond donors (Lipinski definition) is 0. The molecule has 0 aliphatic carbocycles. The molecule has 0 N–H and O–H groups in total. The molecule has 0 fully saturated rings. The van der Waals surface area contributed by atoms with Crippen LogP contribution in [-0.2, 0) is 11.2 Å². The van der Waals surface area contributed by atoms with E-state index in [9.17, 15) is 4.79 Å². The van der Waals surface area contributed by atoms with Gasteiger partial charge in [0.1, 0.15) is 5.78 Å². The molecule has 17 heavy (non-hydrogen) atoms. The van der Waals surface area contributed by atoms with Crippen molar-refractivity contribution in [3.63, 3.8) is 0 Å². The number of Topliss-reactive ketones (excluding diaryl/α,β-unsaturated/α-hetero) is 1. The van der Waals surface area contributed by atoms with E-state index in [-0.39, 0.29) is 5.78 Å². The molecule has 0 bridgehead atoms. The van der Waals surface area contributed by atoms with Crippen LogP contribution in [0.25, 0.3) is 0 Å². The maximum atomic E-state index is 11.7. The van der Waals surface area contributed by atoms with E-state index < -0.39 is 0 Å². The van der Waals surface area contributed by atoms with Gasteiger partial charge >= 0.3 is 0 Å². The van der Waals surface area contributed by atoms with Crippen molar-refractivity contribution < 1.29 is 9.21 Å². The van der Waals surface area contributed by atoms with Gasteiger partial charge in [-0.05, 0) is 5.56 Å². The molecule has 0 saturated heterocycles. The average molecular weight is 248 g/mol. The van der Waals surface area contributed by atoms with E-state index in [1.807, 2.05) is 30.3 Å². The lowest BCUT2D eigenvalue weighted by atomic mass is 10.1. The van der Waals surface area contributed by atoms with Crippen LogP contribution in [0, 0.1) is 6.92 Å². The molecule has 2 aromatic rings. The molecule has 2 rings (SSSR count). The fourth-order valence-electron chi connectivity index (χ4n) is 1.35. The zero-order valence-corrected chi connectivity index (χ0v) is 10.2. The Labute approximate surface area is 103 Å². The summed E-state index contributed by atoms with van der Waals surface area (Å²) in [6.07, 6.45) is 0.445. The first-order chi connectivity index (χ1) is 8.24. The lowest BCUT2D eigenvalue weighted by Crippen LogP contribution is -2.05. The van der Waals surface area contributed by atoms with E-state index in [2.05, 4.69) is 10.2 Å². The fourth-order valence-corrected chi connectivity index (χ4v) is 2.02. The van der Waals surface area contributed by atoms with Crippen LogP contribution in [-0.4, -0.2) is 21.7 Å². The van der Waals surface area contributed by atoms with Crippen LogP contribution in [0.3, 0.4) is 0 Å². The summed E-state index contributed by atoms with van der Waals surface area (Å²) < 4.78 is 5.17.